The van der Waals surface area contributed by atoms with Gasteiger partial charge >= 0.3 is 12.0 Å². The van der Waals surface area contributed by atoms with E-state index >= 15 is 0 Å². The summed E-state index contributed by atoms with van der Waals surface area (Å²) in [6, 6.07) is 14.7. The number of rotatable bonds is 9. The van der Waals surface area contributed by atoms with E-state index in [0.29, 0.717) is 18.6 Å². The lowest BCUT2D eigenvalue weighted by Crippen LogP contribution is -2.68. The van der Waals surface area contributed by atoms with Crippen LogP contribution in [0.25, 0.3) is 0 Å². The maximum Gasteiger partial charge on any atom is 0.330 e. The summed E-state index contributed by atoms with van der Waals surface area (Å²) in [6.07, 6.45) is 2.50. The number of likely N-dealkylation sites (tertiary alicyclic amines) is 1. The van der Waals surface area contributed by atoms with Crippen LogP contribution >= 0.6 is 0 Å². The number of methoxy groups -OCH3 is 1. The third kappa shape index (κ3) is 4.99. The first-order valence-corrected chi connectivity index (χ1v) is 10.6. The number of nitrogens with one attached hydrogen (secondary N) is 1. The zero-order chi connectivity index (χ0) is 23.1. The highest BCUT2D eigenvalue weighted by Gasteiger charge is 2.55. The molecule has 1 aliphatic heterocycles. The molecule has 2 aromatic rings. The van der Waals surface area contributed by atoms with Crippen molar-refractivity contribution in [2.24, 2.45) is 5.92 Å². The average Bonchev–Trinajstić information content (AvgIpc) is 2.83. The molecule has 0 bridgehead atoms. The van der Waals surface area contributed by atoms with Gasteiger partial charge in [-0.1, -0.05) is 55.5 Å². The number of urea groups is 1. The number of carbonyl (C=O) groups excluding carboxylic acids is 3. The van der Waals surface area contributed by atoms with Crippen LogP contribution in [0, 0.1) is 5.92 Å². The van der Waals surface area contributed by atoms with E-state index in [9.17, 15) is 14.4 Å². The lowest BCUT2D eigenvalue weighted by Gasteiger charge is -2.43. The topological polar surface area (TPSA) is 84.9 Å². The van der Waals surface area contributed by atoms with E-state index in [2.05, 4.69) is 11.9 Å². The molecule has 0 aliphatic carbocycles. The smallest absolute Gasteiger partial charge is 0.330 e. The Bertz CT molecular complexity index is 958. The summed E-state index contributed by atoms with van der Waals surface area (Å²) in [7, 11) is 1.57. The second kappa shape index (κ2) is 10.6. The fourth-order valence-corrected chi connectivity index (χ4v) is 3.74. The van der Waals surface area contributed by atoms with Gasteiger partial charge in [0.2, 0.25) is 5.91 Å². The highest BCUT2D eigenvalue weighted by Crippen LogP contribution is 2.32. The lowest BCUT2D eigenvalue weighted by atomic mass is 9.85. The third-order valence-electron chi connectivity index (χ3n) is 5.54. The van der Waals surface area contributed by atoms with Gasteiger partial charge in [-0.3, -0.25) is 4.79 Å². The molecule has 3 atom stereocenters. The van der Waals surface area contributed by atoms with Gasteiger partial charge in [0.1, 0.15) is 12.4 Å². The number of allylic oxidation sites excluding steroid dienone is 1. The number of amides is 3. The van der Waals surface area contributed by atoms with Crippen molar-refractivity contribution >= 4 is 17.9 Å². The van der Waals surface area contributed by atoms with E-state index in [1.165, 1.54) is 0 Å². The van der Waals surface area contributed by atoms with Crippen molar-refractivity contribution < 1.29 is 23.9 Å². The minimum Gasteiger partial charge on any atom is -0.497 e. The van der Waals surface area contributed by atoms with Crippen LogP contribution in [0.1, 0.15) is 36.9 Å². The summed E-state index contributed by atoms with van der Waals surface area (Å²) in [5.74, 6) is -0.979. The molecule has 3 amide bonds. The maximum atomic E-state index is 12.9. The van der Waals surface area contributed by atoms with Crippen molar-refractivity contribution in [1.29, 1.82) is 0 Å². The zero-order valence-electron chi connectivity index (χ0n) is 18.3. The molecule has 0 aromatic heterocycles. The number of benzene rings is 2. The van der Waals surface area contributed by atoms with Gasteiger partial charge in [0.25, 0.3) is 0 Å². The molecule has 1 fully saturated rings. The molecule has 0 saturated carbocycles. The second-order valence-corrected chi connectivity index (χ2v) is 7.56. The Kier molecular flexibility index (Phi) is 7.65. The summed E-state index contributed by atoms with van der Waals surface area (Å²) in [4.78, 5) is 39.4. The fourth-order valence-electron chi connectivity index (χ4n) is 3.74. The van der Waals surface area contributed by atoms with Crippen LogP contribution in [0.4, 0.5) is 4.79 Å². The van der Waals surface area contributed by atoms with Crippen LogP contribution in [0.5, 0.6) is 5.75 Å². The van der Waals surface area contributed by atoms with Crippen LogP contribution in [0.2, 0.25) is 0 Å². The second-order valence-electron chi connectivity index (χ2n) is 7.56. The van der Waals surface area contributed by atoms with Gasteiger partial charge in [-0.25, -0.2) is 14.5 Å². The number of hydrogen-bond donors (Lipinski definition) is 1. The van der Waals surface area contributed by atoms with Crippen LogP contribution in [0.15, 0.2) is 67.3 Å². The van der Waals surface area contributed by atoms with E-state index in [1.807, 2.05) is 37.3 Å². The van der Waals surface area contributed by atoms with Crippen LogP contribution in [-0.2, 0) is 20.9 Å². The zero-order valence-corrected chi connectivity index (χ0v) is 18.3. The number of imide groups is 1. The highest BCUT2D eigenvalue weighted by molar-refractivity contribution is 6.08. The average molecular weight is 437 g/mol. The Morgan fingerprint density at radius 1 is 1.16 bits per heavy atom. The largest absolute Gasteiger partial charge is 0.497 e. The monoisotopic (exact) mass is 436 g/mol. The van der Waals surface area contributed by atoms with E-state index in [4.69, 9.17) is 9.47 Å². The molecule has 1 aliphatic rings. The van der Waals surface area contributed by atoms with Gasteiger partial charge in [-0.05, 0) is 36.1 Å². The Balaban J connectivity index is 1.69. The number of hydrogen-bond acceptors (Lipinski definition) is 5. The van der Waals surface area contributed by atoms with Crippen LogP contribution < -0.4 is 10.1 Å². The van der Waals surface area contributed by atoms with Crippen LogP contribution in [-0.4, -0.2) is 36.0 Å². The van der Waals surface area contributed by atoms with E-state index in [-0.39, 0.29) is 12.6 Å². The SMILES string of the molecule is C=CC[C@H]1C(=O)N(C(=O)NC(CC)c2ccccc2)[C@@H]1C(=O)OCc1ccc(OC)cc1. The number of carbonyl (C=O) groups is 3. The van der Waals surface area contributed by atoms with Crippen molar-refractivity contribution in [3.05, 3.63) is 78.4 Å². The molecule has 1 saturated heterocycles. The van der Waals surface area contributed by atoms with Crippen molar-refractivity contribution in [1.82, 2.24) is 10.2 Å². The standard InChI is InChI=1S/C25H28N2O5/c1-4-9-20-22(24(29)32-16-17-12-14-19(31-3)15-13-17)27(23(20)28)25(30)26-21(5-2)18-10-7-6-8-11-18/h4,6-8,10-15,20-22H,1,5,9,16H2,2-3H3,(H,26,30)/t20-,21?,22+/m1/s1. The minimum absolute atomic E-state index is 0.0331. The molecule has 2 aromatic carbocycles. The van der Waals surface area contributed by atoms with Crippen molar-refractivity contribution in [3.8, 4) is 5.75 Å². The van der Waals surface area contributed by atoms with Crippen molar-refractivity contribution in [2.75, 3.05) is 7.11 Å². The van der Waals surface area contributed by atoms with Gasteiger partial charge in [0.15, 0.2) is 6.04 Å². The molecule has 32 heavy (non-hydrogen) atoms. The molecule has 1 heterocycles. The molecule has 1 unspecified atom stereocenters. The van der Waals surface area contributed by atoms with E-state index < -0.39 is 29.9 Å². The Morgan fingerprint density at radius 3 is 2.44 bits per heavy atom. The van der Waals surface area contributed by atoms with Gasteiger partial charge in [0.05, 0.1) is 19.1 Å². The first-order valence-electron chi connectivity index (χ1n) is 10.6. The number of ether oxygens (including phenoxy) is 2. The van der Waals surface area contributed by atoms with Crippen molar-refractivity contribution in [3.63, 3.8) is 0 Å². The molecular formula is C25H28N2O5. The molecule has 7 nitrogen and oxygen atoms in total. The molecule has 0 radical (unpaired) electrons. The maximum absolute atomic E-state index is 12.9. The van der Waals surface area contributed by atoms with Gasteiger partial charge in [-0.15, -0.1) is 6.58 Å². The van der Waals surface area contributed by atoms with Gasteiger partial charge in [-0.2, -0.15) is 0 Å². The van der Waals surface area contributed by atoms with E-state index in [1.54, 1.807) is 37.5 Å². The Labute approximate surface area is 188 Å². The Hall–Kier alpha value is -3.61. The molecule has 7 heteroatoms. The van der Waals surface area contributed by atoms with Gasteiger partial charge < -0.3 is 14.8 Å². The fraction of sp³-hybridized carbons (Fsp3) is 0.320. The quantitative estimate of drug-likeness (QED) is 0.365. The summed E-state index contributed by atoms with van der Waals surface area (Å²) < 4.78 is 10.6. The molecule has 1 N–H and O–H groups in total. The summed E-state index contributed by atoms with van der Waals surface area (Å²) >= 11 is 0. The third-order valence-corrected chi connectivity index (χ3v) is 5.54. The van der Waals surface area contributed by atoms with E-state index in [0.717, 1.165) is 16.0 Å². The summed E-state index contributed by atoms with van der Waals surface area (Å²) in [6.45, 7) is 5.63. The summed E-state index contributed by atoms with van der Waals surface area (Å²) in [5.41, 5.74) is 1.70. The first-order chi connectivity index (χ1) is 15.5. The predicted octanol–water partition coefficient (Wildman–Crippen LogP) is 4.00. The molecule has 0 spiro atoms. The molecule has 168 valence electrons. The van der Waals surface area contributed by atoms with Gasteiger partial charge in [0, 0.05) is 0 Å². The first kappa shape index (κ1) is 23.1. The number of β-lactam (4-membered cyclic amide) rings is 1. The minimum atomic E-state index is -0.980. The summed E-state index contributed by atoms with van der Waals surface area (Å²) in [5, 5.41) is 2.87. The number of esters is 1. The van der Waals surface area contributed by atoms with Crippen molar-refractivity contribution in [2.45, 2.75) is 38.5 Å². The molecular weight excluding hydrogens is 408 g/mol. The van der Waals surface area contributed by atoms with Crippen LogP contribution in [0.3, 0.4) is 0 Å². The Morgan fingerprint density at radius 2 is 1.84 bits per heavy atom. The predicted molar refractivity (Wildman–Crippen MR) is 120 cm³/mol. The number of nitrogens with zero attached hydrogens (tertiary/aromatic N) is 1. The molecule has 3 rings (SSSR count). The highest BCUT2D eigenvalue weighted by atomic mass is 16.5. The lowest BCUT2D eigenvalue weighted by molar-refractivity contribution is -0.170. The normalized spacial score (nSPS) is 18.3.